The number of rotatable bonds is 3. The van der Waals surface area contributed by atoms with Crippen LogP contribution in [0.15, 0.2) is 23.1 Å². The fourth-order valence-electron chi connectivity index (χ4n) is 3.35. The van der Waals surface area contributed by atoms with Crippen molar-refractivity contribution in [3.8, 4) is 0 Å². The number of piperidine rings is 1. The van der Waals surface area contributed by atoms with Crippen LogP contribution in [0.5, 0.6) is 0 Å². The summed E-state index contributed by atoms with van der Waals surface area (Å²) in [7, 11) is -3.66. The number of nitrogens with zero attached hydrogens (tertiary/aromatic N) is 1. The zero-order valence-electron chi connectivity index (χ0n) is 11.7. The third-order valence-corrected chi connectivity index (χ3v) is 5.53. The minimum absolute atomic E-state index is 0.214. The fraction of sp³-hybridized carbons (Fsp3) is 0.571. The second-order valence-electron chi connectivity index (χ2n) is 5.91. The molecule has 1 aromatic carbocycles. The normalized spacial score (nSPS) is 29.4. The van der Waals surface area contributed by atoms with Crippen molar-refractivity contribution in [3.63, 3.8) is 0 Å². The summed E-state index contributed by atoms with van der Waals surface area (Å²) in [6.07, 6.45) is 2.34. The second-order valence-corrected chi connectivity index (χ2v) is 7.44. The maximum Gasteiger partial charge on any atom is 0.238 e. The Morgan fingerprint density at radius 3 is 2.80 bits per heavy atom. The molecule has 3 rings (SSSR count). The van der Waals surface area contributed by atoms with Gasteiger partial charge in [0.1, 0.15) is 0 Å². The van der Waals surface area contributed by atoms with Crippen molar-refractivity contribution in [2.45, 2.75) is 30.7 Å². The lowest BCUT2D eigenvalue weighted by Gasteiger charge is -2.31. The summed E-state index contributed by atoms with van der Waals surface area (Å²) in [4.78, 5) is 2.71. The maximum absolute atomic E-state index is 11.6. The van der Waals surface area contributed by atoms with Gasteiger partial charge in [0.05, 0.1) is 4.90 Å². The smallest absolute Gasteiger partial charge is 0.238 e. The lowest BCUT2D eigenvalue weighted by Crippen LogP contribution is -2.39. The summed E-state index contributed by atoms with van der Waals surface area (Å²) < 4.78 is 23.1. The zero-order chi connectivity index (χ0) is 14.3. The van der Waals surface area contributed by atoms with Gasteiger partial charge in [0.25, 0.3) is 0 Å². The van der Waals surface area contributed by atoms with E-state index in [1.54, 1.807) is 13.0 Å². The van der Waals surface area contributed by atoms with Gasteiger partial charge in [0.2, 0.25) is 10.0 Å². The van der Waals surface area contributed by atoms with Gasteiger partial charge in [-0.15, -0.1) is 0 Å². The predicted molar refractivity (Wildman–Crippen MR) is 79.1 cm³/mol. The predicted octanol–water partition coefficient (Wildman–Crippen LogP) is 1.15. The molecule has 0 aliphatic carbocycles. The summed E-state index contributed by atoms with van der Waals surface area (Å²) in [6, 6.07) is 5.84. The fourth-order valence-corrected chi connectivity index (χ4v) is 4.16. The molecule has 2 saturated heterocycles. The van der Waals surface area contributed by atoms with Gasteiger partial charge in [-0.05, 0) is 49.9 Å². The molecule has 5 nitrogen and oxygen atoms in total. The van der Waals surface area contributed by atoms with E-state index in [0.29, 0.717) is 17.5 Å². The highest BCUT2D eigenvalue weighted by Gasteiger charge is 2.34. The first kappa shape index (κ1) is 13.9. The van der Waals surface area contributed by atoms with Crippen LogP contribution in [0.4, 0.5) is 5.69 Å². The molecule has 0 aromatic heterocycles. The van der Waals surface area contributed by atoms with Crippen LogP contribution in [0.3, 0.4) is 0 Å². The van der Waals surface area contributed by atoms with Gasteiger partial charge in [-0.3, -0.25) is 0 Å². The number of benzene rings is 1. The molecule has 3 atom stereocenters. The standard InChI is InChI=1S/C14H21N3O2S/c1-10-2-3-12(8-14(10)20(15,18)19)16-13-5-7-17-6-4-11(13)9-17/h2-3,8,11,13,16H,4-7,9H2,1H3,(H2,15,18,19). The largest absolute Gasteiger partial charge is 0.382 e. The van der Waals surface area contributed by atoms with Crippen molar-refractivity contribution in [3.05, 3.63) is 23.8 Å². The van der Waals surface area contributed by atoms with Crippen LogP contribution in [0, 0.1) is 12.8 Å². The van der Waals surface area contributed by atoms with Gasteiger partial charge >= 0.3 is 0 Å². The topological polar surface area (TPSA) is 75.4 Å². The molecule has 3 N–H and O–H groups in total. The summed E-state index contributed by atoms with van der Waals surface area (Å²) in [6.45, 7) is 5.24. The lowest BCUT2D eigenvalue weighted by atomic mass is 9.94. The minimum atomic E-state index is -3.66. The number of hydrogen-bond acceptors (Lipinski definition) is 4. The maximum atomic E-state index is 11.6. The molecular formula is C14H21N3O2S. The Balaban J connectivity index is 1.81. The van der Waals surface area contributed by atoms with Gasteiger partial charge < -0.3 is 10.2 Å². The average molecular weight is 295 g/mol. The lowest BCUT2D eigenvalue weighted by molar-refractivity contribution is 0.255. The average Bonchev–Trinajstić information content (AvgIpc) is 2.77. The van der Waals surface area contributed by atoms with Gasteiger partial charge in [-0.1, -0.05) is 6.07 Å². The van der Waals surface area contributed by atoms with Crippen molar-refractivity contribution < 1.29 is 8.42 Å². The van der Waals surface area contributed by atoms with Crippen LogP contribution in [0.2, 0.25) is 0 Å². The molecule has 2 aliphatic heterocycles. The van der Waals surface area contributed by atoms with Crippen LogP contribution in [0.1, 0.15) is 18.4 Å². The highest BCUT2D eigenvalue weighted by molar-refractivity contribution is 7.89. The molecule has 3 unspecified atom stereocenters. The molecule has 2 fully saturated rings. The number of nitrogens with one attached hydrogen (secondary N) is 1. The first-order chi connectivity index (χ1) is 9.43. The van der Waals surface area contributed by atoms with Crippen LogP contribution >= 0.6 is 0 Å². The third kappa shape index (κ3) is 2.68. The Hall–Kier alpha value is -1.11. The Morgan fingerprint density at radius 1 is 1.30 bits per heavy atom. The van der Waals surface area contributed by atoms with Crippen molar-refractivity contribution in [1.29, 1.82) is 0 Å². The third-order valence-electron chi connectivity index (χ3n) is 4.48. The Labute approximate surface area is 120 Å². The summed E-state index contributed by atoms with van der Waals surface area (Å²) in [5, 5.41) is 8.76. The van der Waals surface area contributed by atoms with E-state index in [9.17, 15) is 8.42 Å². The van der Waals surface area contributed by atoms with Crippen molar-refractivity contribution >= 4 is 15.7 Å². The van der Waals surface area contributed by atoms with E-state index < -0.39 is 10.0 Å². The Bertz CT molecular complexity index is 615. The van der Waals surface area contributed by atoms with Crippen molar-refractivity contribution in [2.24, 2.45) is 11.1 Å². The first-order valence-corrected chi connectivity index (χ1v) is 8.60. The highest BCUT2D eigenvalue weighted by Crippen LogP contribution is 2.30. The summed E-state index contributed by atoms with van der Waals surface area (Å²) in [5.74, 6) is 0.669. The summed E-state index contributed by atoms with van der Waals surface area (Å²) in [5.41, 5.74) is 1.54. The Morgan fingerprint density at radius 2 is 2.05 bits per heavy atom. The van der Waals surface area contributed by atoms with Crippen LogP contribution in [-0.2, 0) is 10.0 Å². The molecule has 0 amide bonds. The molecule has 0 spiro atoms. The van der Waals surface area contributed by atoms with Gasteiger partial charge in [0.15, 0.2) is 0 Å². The number of anilines is 1. The Kier molecular flexibility index (Phi) is 3.48. The van der Waals surface area contributed by atoms with E-state index >= 15 is 0 Å². The zero-order valence-corrected chi connectivity index (χ0v) is 12.5. The van der Waals surface area contributed by atoms with Crippen LogP contribution in [-0.4, -0.2) is 39.0 Å². The number of hydrogen-bond donors (Lipinski definition) is 2. The van der Waals surface area contributed by atoms with E-state index in [-0.39, 0.29) is 4.90 Å². The van der Waals surface area contributed by atoms with Gasteiger partial charge in [0, 0.05) is 24.8 Å². The van der Waals surface area contributed by atoms with Crippen LogP contribution < -0.4 is 10.5 Å². The number of aryl methyl sites for hydroxylation is 1. The first-order valence-electron chi connectivity index (χ1n) is 7.06. The van der Waals surface area contributed by atoms with E-state index in [2.05, 4.69) is 10.2 Å². The SMILES string of the molecule is Cc1ccc(NC2CCN3CCC2C3)cc1S(N)(=O)=O. The number of primary sulfonamides is 1. The second kappa shape index (κ2) is 5.02. The van der Waals surface area contributed by atoms with Gasteiger partial charge in [-0.25, -0.2) is 13.6 Å². The molecule has 0 saturated carbocycles. The van der Waals surface area contributed by atoms with E-state index in [0.717, 1.165) is 25.2 Å². The molecule has 2 heterocycles. The molecule has 0 radical (unpaired) electrons. The number of nitrogens with two attached hydrogens (primary N) is 1. The van der Waals surface area contributed by atoms with Crippen LogP contribution in [0.25, 0.3) is 0 Å². The molecule has 2 aliphatic rings. The number of fused-ring (bicyclic) bond motifs is 2. The summed E-state index contributed by atoms with van der Waals surface area (Å²) >= 11 is 0. The molecule has 2 bridgehead atoms. The van der Waals surface area contributed by atoms with Crippen molar-refractivity contribution in [2.75, 3.05) is 25.0 Å². The van der Waals surface area contributed by atoms with Gasteiger partial charge in [-0.2, -0.15) is 0 Å². The number of sulfonamides is 1. The monoisotopic (exact) mass is 295 g/mol. The van der Waals surface area contributed by atoms with E-state index in [1.807, 2.05) is 12.1 Å². The molecule has 110 valence electrons. The van der Waals surface area contributed by atoms with E-state index in [1.165, 1.54) is 13.0 Å². The molecule has 6 heteroatoms. The molecule has 1 aromatic rings. The highest BCUT2D eigenvalue weighted by atomic mass is 32.2. The molecule has 20 heavy (non-hydrogen) atoms. The minimum Gasteiger partial charge on any atom is -0.382 e. The quantitative estimate of drug-likeness (QED) is 0.877. The van der Waals surface area contributed by atoms with Crippen molar-refractivity contribution in [1.82, 2.24) is 4.90 Å². The molecular weight excluding hydrogens is 274 g/mol. The van der Waals surface area contributed by atoms with E-state index in [4.69, 9.17) is 5.14 Å².